The topological polar surface area (TPSA) is 110 Å². The Bertz CT molecular complexity index is 1230. The van der Waals surface area contributed by atoms with Crippen molar-refractivity contribution in [1.29, 1.82) is 0 Å². The summed E-state index contributed by atoms with van der Waals surface area (Å²) < 4.78 is 36.4. The largest absolute Gasteiger partial charge is 0.362 e. The second-order valence-corrected chi connectivity index (χ2v) is 8.49. The molecule has 0 unspecified atom stereocenters. The molecule has 9 nitrogen and oxygen atoms in total. The minimum Gasteiger partial charge on any atom is -0.284 e. The van der Waals surface area contributed by atoms with Gasteiger partial charge in [-0.3, -0.25) is 18.6 Å². The maximum Gasteiger partial charge on any atom is 0.362 e. The normalized spacial score (nSPS) is 12.2. The Morgan fingerprint density at radius 3 is 2.80 bits per heavy atom. The summed E-state index contributed by atoms with van der Waals surface area (Å²) in [4.78, 5) is 16.9. The Morgan fingerprint density at radius 1 is 1.40 bits per heavy atom. The summed E-state index contributed by atoms with van der Waals surface area (Å²) in [5.41, 5.74) is 1.84. The lowest BCUT2D eigenvalue weighted by Crippen LogP contribution is -2.36. The number of aryl methyl sites for hydroxylation is 2. The maximum absolute atomic E-state index is 12.5. The van der Waals surface area contributed by atoms with Gasteiger partial charge in [-0.2, -0.15) is 13.5 Å². The summed E-state index contributed by atoms with van der Waals surface area (Å²) in [6.45, 7) is 3.53. The van der Waals surface area contributed by atoms with Crippen LogP contribution in [0.4, 0.5) is 0 Å². The standard InChI is InChI=1S/C19H22ClN5O4S/c1-4-5-11-25(30(27,28)29)17(26)9-8-14-13(2)22-23(3)19(14)24-12-16(20)15-7-6-10-21-18(15)24/h6-10,12H,4-5,11H2,1-3H3,(H,27,28,29)/b9-8+. The number of rotatable bonds is 7. The number of aromatic nitrogens is 4. The van der Waals surface area contributed by atoms with Crippen LogP contribution in [0.5, 0.6) is 0 Å². The van der Waals surface area contributed by atoms with Crippen molar-refractivity contribution < 1.29 is 17.8 Å². The van der Waals surface area contributed by atoms with Gasteiger partial charge >= 0.3 is 10.3 Å². The average Bonchev–Trinajstić information content (AvgIpc) is 3.15. The van der Waals surface area contributed by atoms with E-state index in [1.807, 2.05) is 13.0 Å². The highest BCUT2D eigenvalue weighted by Gasteiger charge is 2.23. The molecule has 1 N–H and O–H groups in total. The number of hydrogen-bond acceptors (Lipinski definition) is 5. The molecule has 0 fully saturated rings. The molecule has 30 heavy (non-hydrogen) atoms. The van der Waals surface area contributed by atoms with Crippen LogP contribution in [0.25, 0.3) is 22.9 Å². The van der Waals surface area contributed by atoms with Gasteiger partial charge in [-0.25, -0.2) is 9.29 Å². The van der Waals surface area contributed by atoms with E-state index in [1.165, 1.54) is 6.08 Å². The summed E-state index contributed by atoms with van der Waals surface area (Å²) >= 11 is 6.34. The first-order valence-corrected chi connectivity index (χ1v) is 11.0. The van der Waals surface area contributed by atoms with Crippen molar-refractivity contribution in [1.82, 2.24) is 23.6 Å². The molecule has 3 rings (SSSR count). The van der Waals surface area contributed by atoms with E-state index >= 15 is 0 Å². The van der Waals surface area contributed by atoms with E-state index in [4.69, 9.17) is 11.6 Å². The molecule has 0 atom stereocenters. The van der Waals surface area contributed by atoms with Crippen LogP contribution in [0.1, 0.15) is 31.0 Å². The highest BCUT2D eigenvalue weighted by atomic mass is 35.5. The Hall–Kier alpha value is -2.69. The van der Waals surface area contributed by atoms with E-state index in [9.17, 15) is 17.8 Å². The van der Waals surface area contributed by atoms with Crippen LogP contribution in [0, 0.1) is 6.92 Å². The van der Waals surface area contributed by atoms with Gasteiger partial charge in [0.05, 0.1) is 10.7 Å². The van der Waals surface area contributed by atoms with Gasteiger partial charge in [0.1, 0.15) is 11.5 Å². The third-order valence-corrected chi connectivity index (χ3v) is 5.83. The summed E-state index contributed by atoms with van der Waals surface area (Å²) in [6, 6.07) is 3.63. The number of carbonyl (C=O) groups is 1. The number of unbranched alkanes of at least 4 members (excludes halogenated alkanes) is 1. The average molecular weight is 452 g/mol. The van der Waals surface area contributed by atoms with Crippen molar-refractivity contribution in [3.63, 3.8) is 0 Å². The first-order chi connectivity index (χ1) is 14.1. The minimum absolute atomic E-state index is 0.0981. The van der Waals surface area contributed by atoms with Crippen LogP contribution in [-0.2, 0) is 22.1 Å². The Labute approximate surface area is 179 Å². The zero-order valence-corrected chi connectivity index (χ0v) is 18.4. The van der Waals surface area contributed by atoms with Crippen molar-refractivity contribution in [2.24, 2.45) is 7.05 Å². The van der Waals surface area contributed by atoms with Gasteiger partial charge in [-0.05, 0) is 31.6 Å². The summed E-state index contributed by atoms with van der Waals surface area (Å²) in [6.07, 6.45) is 7.06. The van der Waals surface area contributed by atoms with Crippen molar-refractivity contribution >= 4 is 44.9 Å². The lowest BCUT2D eigenvalue weighted by atomic mass is 10.2. The van der Waals surface area contributed by atoms with Crippen molar-refractivity contribution in [2.75, 3.05) is 6.54 Å². The van der Waals surface area contributed by atoms with Crippen LogP contribution in [0.15, 0.2) is 30.6 Å². The second-order valence-electron chi connectivity index (χ2n) is 6.74. The fourth-order valence-corrected chi connectivity index (χ4v) is 4.10. The Kier molecular flexibility index (Phi) is 6.30. The molecule has 0 aliphatic heterocycles. The monoisotopic (exact) mass is 451 g/mol. The molecule has 0 aliphatic carbocycles. The molecule has 3 heterocycles. The number of pyridine rings is 1. The predicted molar refractivity (Wildman–Crippen MR) is 115 cm³/mol. The highest BCUT2D eigenvalue weighted by molar-refractivity contribution is 7.84. The lowest BCUT2D eigenvalue weighted by Gasteiger charge is -2.16. The molecule has 0 aliphatic rings. The van der Waals surface area contributed by atoms with E-state index in [0.29, 0.717) is 44.9 Å². The van der Waals surface area contributed by atoms with Gasteiger partial charge in [0, 0.05) is 43.0 Å². The second kappa shape index (κ2) is 8.58. The van der Waals surface area contributed by atoms with Crippen LogP contribution in [0.3, 0.4) is 0 Å². The van der Waals surface area contributed by atoms with E-state index < -0.39 is 16.2 Å². The quantitative estimate of drug-likeness (QED) is 0.436. The van der Waals surface area contributed by atoms with Crippen molar-refractivity contribution in [3.05, 3.63) is 46.9 Å². The molecule has 0 saturated heterocycles. The van der Waals surface area contributed by atoms with Crippen LogP contribution >= 0.6 is 11.6 Å². The fourth-order valence-electron chi connectivity index (χ4n) is 3.20. The molecule has 0 radical (unpaired) electrons. The minimum atomic E-state index is -4.65. The zero-order valence-electron chi connectivity index (χ0n) is 16.8. The maximum atomic E-state index is 12.5. The van der Waals surface area contributed by atoms with Crippen molar-refractivity contribution in [3.8, 4) is 5.82 Å². The van der Waals surface area contributed by atoms with Gasteiger partial charge in [-0.1, -0.05) is 24.9 Å². The van der Waals surface area contributed by atoms with Gasteiger partial charge in [0.2, 0.25) is 0 Å². The van der Waals surface area contributed by atoms with Crippen LogP contribution in [0.2, 0.25) is 5.02 Å². The highest BCUT2D eigenvalue weighted by Crippen LogP contribution is 2.29. The molecular weight excluding hydrogens is 430 g/mol. The predicted octanol–water partition coefficient (Wildman–Crippen LogP) is 3.17. The first-order valence-electron chi connectivity index (χ1n) is 9.27. The molecule has 3 aromatic rings. The number of fused-ring (bicyclic) bond motifs is 1. The van der Waals surface area contributed by atoms with Crippen molar-refractivity contribution in [2.45, 2.75) is 26.7 Å². The van der Waals surface area contributed by atoms with Gasteiger partial charge < -0.3 is 0 Å². The van der Waals surface area contributed by atoms with Gasteiger partial charge in [-0.15, -0.1) is 0 Å². The van der Waals surface area contributed by atoms with E-state index in [1.54, 1.807) is 41.7 Å². The SMILES string of the molecule is CCCCN(C(=O)/C=C/c1c(C)nn(C)c1-n1cc(Cl)c2cccnc21)S(=O)(=O)O. The third kappa shape index (κ3) is 4.25. The third-order valence-electron chi connectivity index (χ3n) is 4.61. The molecule has 160 valence electrons. The molecule has 1 amide bonds. The summed E-state index contributed by atoms with van der Waals surface area (Å²) in [5.74, 6) is -0.229. The number of amides is 1. The molecule has 0 aromatic carbocycles. The number of nitrogens with zero attached hydrogens (tertiary/aromatic N) is 5. The summed E-state index contributed by atoms with van der Waals surface area (Å²) in [7, 11) is -2.91. The number of carbonyl (C=O) groups excluding carboxylic acids is 1. The molecule has 11 heteroatoms. The molecule has 0 spiro atoms. The molecule has 0 saturated carbocycles. The zero-order chi connectivity index (χ0) is 22.1. The molecule has 0 bridgehead atoms. The molecular formula is C19H22ClN5O4S. The fraction of sp³-hybridized carbons (Fsp3) is 0.316. The number of hydrogen-bond donors (Lipinski definition) is 1. The Balaban J connectivity index is 2.05. The van der Waals surface area contributed by atoms with Crippen LogP contribution in [-0.4, -0.2) is 49.1 Å². The van der Waals surface area contributed by atoms with Gasteiger partial charge in [0.25, 0.3) is 5.91 Å². The first kappa shape index (κ1) is 22.0. The summed E-state index contributed by atoms with van der Waals surface area (Å²) in [5, 5.41) is 5.68. The van der Waals surface area contributed by atoms with E-state index in [-0.39, 0.29) is 6.54 Å². The van der Waals surface area contributed by atoms with E-state index in [2.05, 4.69) is 10.1 Å². The van der Waals surface area contributed by atoms with Gasteiger partial charge in [0.15, 0.2) is 0 Å². The van der Waals surface area contributed by atoms with E-state index in [0.717, 1.165) is 11.5 Å². The molecule has 3 aromatic heterocycles. The van der Waals surface area contributed by atoms with Crippen LogP contribution < -0.4 is 0 Å². The smallest absolute Gasteiger partial charge is 0.284 e. The lowest BCUT2D eigenvalue weighted by molar-refractivity contribution is -0.121. The Morgan fingerprint density at radius 2 is 2.13 bits per heavy atom. The number of halogens is 1.